The first-order chi connectivity index (χ1) is 11.1. The van der Waals surface area contributed by atoms with Gasteiger partial charge in [0, 0.05) is 18.3 Å². The van der Waals surface area contributed by atoms with E-state index in [4.69, 9.17) is 5.73 Å². The highest BCUT2D eigenvalue weighted by molar-refractivity contribution is 5.97. The second kappa shape index (κ2) is 7.12. The number of hydrogen-bond donors (Lipinski definition) is 4. The Kier molecular flexibility index (Phi) is 4.95. The first-order valence-electron chi connectivity index (χ1n) is 8.50. The van der Waals surface area contributed by atoms with Gasteiger partial charge in [0.2, 0.25) is 5.95 Å². The predicted octanol–water partition coefficient (Wildman–Crippen LogP) is 1.65. The zero-order valence-electron chi connectivity index (χ0n) is 13.3. The third kappa shape index (κ3) is 4.10. The lowest BCUT2D eigenvalue weighted by Gasteiger charge is -2.26. The molecule has 0 radical (unpaired) electrons. The smallest absolute Gasteiger partial charge is 0.254 e. The van der Waals surface area contributed by atoms with Crippen LogP contribution in [0.1, 0.15) is 61.7 Å². The molecule has 0 saturated heterocycles. The highest BCUT2D eigenvalue weighted by atomic mass is 16.3. The Labute approximate surface area is 136 Å². The Hall–Kier alpha value is -1.89. The normalized spacial score (nSPS) is 25.3. The van der Waals surface area contributed by atoms with Gasteiger partial charge < -0.3 is 21.5 Å². The molecule has 7 nitrogen and oxygen atoms in total. The zero-order valence-corrected chi connectivity index (χ0v) is 13.3. The van der Waals surface area contributed by atoms with Crippen LogP contribution in [-0.4, -0.2) is 39.2 Å². The molecule has 0 spiro atoms. The van der Waals surface area contributed by atoms with Crippen molar-refractivity contribution in [2.24, 2.45) is 5.73 Å². The maximum atomic E-state index is 11.6. The number of nitrogens with two attached hydrogens (primary N) is 1. The van der Waals surface area contributed by atoms with Crippen LogP contribution in [0.5, 0.6) is 0 Å². The first-order valence-corrected chi connectivity index (χ1v) is 8.50. The van der Waals surface area contributed by atoms with Crippen molar-refractivity contribution in [3.63, 3.8) is 0 Å². The third-order valence-corrected chi connectivity index (χ3v) is 4.78. The summed E-state index contributed by atoms with van der Waals surface area (Å²) in [4.78, 5) is 20.3. The maximum absolute atomic E-state index is 11.6. The Balaban J connectivity index is 1.71. The number of rotatable bonds is 5. The number of carbonyl (C=O) groups is 1. The predicted molar refractivity (Wildman–Crippen MR) is 88.3 cm³/mol. The number of anilines is 2. The van der Waals surface area contributed by atoms with Crippen molar-refractivity contribution in [1.29, 1.82) is 0 Å². The lowest BCUT2D eigenvalue weighted by Crippen LogP contribution is -2.29. The summed E-state index contributed by atoms with van der Waals surface area (Å²) in [5.74, 6) is 0.521. The molecule has 0 bridgehead atoms. The van der Waals surface area contributed by atoms with E-state index < -0.39 is 5.91 Å². The highest BCUT2D eigenvalue weighted by Crippen LogP contribution is 2.25. The number of carbonyl (C=O) groups excluding carboxylic acids is 1. The molecule has 2 aliphatic rings. The number of aliphatic hydroxyl groups excluding tert-OH is 1. The van der Waals surface area contributed by atoms with Gasteiger partial charge in [0.1, 0.15) is 5.82 Å². The monoisotopic (exact) mass is 319 g/mol. The molecule has 0 aliphatic heterocycles. The van der Waals surface area contributed by atoms with E-state index in [0.717, 1.165) is 38.5 Å². The van der Waals surface area contributed by atoms with Gasteiger partial charge in [-0.1, -0.05) is 12.8 Å². The largest absolute Gasteiger partial charge is 0.393 e. The first kappa shape index (κ1) is 16.0. The maximum Gasteiger partial charge on any atom is 0.254 e. The molecule has 7 heteroatoms. The number of aromatic nitrogens is 2. The van der Waals surface area contributed by atoms with Gasteiger partial charge >= 0.3 is 0 Å². The van der Waals surface area contributed by atoms with Crippen LogP contribution in [0.15, 0.2) is 6.20 Å². The SMILES string of the molecule is NC(=O)c1cnc(NC2CCC(O)CC2)nc1NC1CCCC1. The van der Waals surface area contributed by atoms with Crippen molar-refractivity contribution < 1.29 is 9.90 Å². The van der Waals surface area contributed by atoms with Crippen molar-refractivity contribution >= 4 is 17.7 Å². The van der Waals surface area contributed by atoms with Gasteiger partial charge in [0.15, 0.2) is 0 Å². The zero-order chi connectivity index (χ0) is 16.2. The van der Waals surface area contributed by atoms with Gasteiger partial charge in [0.25, 0.3) is 5.91 Å². The second-order valence-electron chi connectivity index (χ2n) is 6.60. The Morgan fingerprint density at radius 2 is 1.74 bits per heavy atom. The number of primary amides is 1. The fourth-order valence-electron chi connectivity index (χ4n) is 3.41. The molecule has 1 aromatic rings. The molecule has 23 heavy (non-hydrogen) atoms. The molecule has 5 N–H and O–H groups in total. The average Bonchev–Trinajstić information content (AvgIpc) is 3.02. The number of aliphatic hydroxyl groups is 1. The van der Waals surface area contributed by atoms with Crippen molar-refractivity contribution in [3.05, 3.63) is 11.8 Å². The fraction of sp³-hybridized carbons (Fsp3) is 0.688. The van der Waals surface area contributed by atoms with Gasteiger partial charge in [-0.2, -0.15) is 4.98 Å². The van der Waals surface area contributed by atoms with E-state index in [-0.39, 0.29) is 12.1 Å². The highest BCUT2D eigenvalue weighted by Gasteiger charge is 2.22. The molecular weight excluding hydrogens is 294 g/mol. The van der Waals surface area contributed by atoms with E-state index in [1.165, 1.54) is 19.0 Å². The molecule has 2 saturated carbocycles. The van der Waals surface area contributed by atoms with Crippen LogP contribution >= 0.6 is 0 Å². The average molecular weight is 319 g/mol. The molecule has 2 aliphatic carbocycles. The number of nitrogens with one attached hydrogen (secondary N) is 2. The van der Waals surface area contributed by atoms with Gasteiger partial charge in [-0.15, -0.1) is 0 Å². The third-order valence-electron chi connectivity index (χ3n) is 4.78. The Morgan fingerprint density at radius 1 is 1.09 bits per heavy atom. The number of amides is 1. The summed E-state index contributed by atoms with van der Waals surface area (Å²) in [6, 6.07) is 0.609. The van der Waals surface area contributed by atoms with Crippen LogP contribution in [0.25, 0.3) is 0 Å². The van der Waals surface area contributed by atoms with E-state index in [9.17, 15) is 9.90 Å². The molecule has 126 valence electrons. The van der Waals surface area contributed by atoms with Crippen LogP contribution in [0, 0.1) is 0 Å². The summed E-state index contributed by atoms with van der Waals surface area (Å²) in [6.45, 7) is 0. The topological polar surface area (TPSA) is 113 Å². The minimum atomic E-state index is -0.516. The summed E-state index contributed by atoms with van der Waals surface area (Å²) in [6.07, 6.45) is 9.26. The van der Waals surface area contributed by atoms with E-state index in [0.29, 0.717) is 23.4 Å². The van der Waals surface area contributed by atoms with Crippen LogP contribution in [0.2, 0.25) is 0 Å². The molecule has 1 aromatic heterocycles. The summed E-state index contributed by atoms with van der Waals surface area (Å²) in [7, 11) is 0. The van der Waals surface area contributed by atoms with Crippen molar-refractivity contribution in [2.45, 2.75) is 69.6 Å². The lowest BCUT2D eigenvalue weighted by atomic mass is 9.93. The Morgan fingerprint density at radius 3 is 2.39 bits per heavy atom. The summed E-state index contributed by atoms with van der Waals surface area (Å²) in [5, 5.41) is 16.2. The van der Waals surface area contributed by atoms with Crippen LogP contribution < -0.4 is 16.4 Å². The second-order valence-corrected chi connectivity index (χ2v) is 6.60. The minimum Gasteiger partial charge on any atom is -0.393 e. The quantitative estimate of drug-likeness (QED) is 0.656. The van der Waals surface area contributed by atoms with Crippen molar-refractivity contribution in [2.75, 3.05) is 10.6 Å². The molecule has 1 amide bonds. The molecule has 0 aromatic carbocycles. The van der Waals surface area contributed by atoms with Gasteiger partial charge in [-0.3, -0.25) is 4.79 Å². The molecule has 0 unspecified atom stereocenters. The molecule has 0 atom stereocenters. The standard InChI is InChI=1S/C16H25N5O2/c17-14(23)13-9-18-16(20-11-5-7-12(22)8-6-11)21-15(13)19-10-3-1-2-4-10/h9-12,22H,1-8H2,(H2,17,23)(H2,18,19,20,21). The Bertz CT molecular complexity index is 551. The van der Waals surface area contributed by atoms with E-state index in [1.54, 1.807) is 0 Å². The van der Waals surface area contributed by atoms with Gasteiger partial charge in [0.05, 0.1) is 11.7 Å². The lowest BCUT2D eigenvalue weighted by molar-refractivity contribution is 0.1000. The molecule has 2 fully saturated rings. The van der Waals surface area contributed by atoms with Crippen molar-refractivity contribution in [3.8, 4) is 0 Å². The van der Waals surface area contributed by atoms with Crippen LogP contribution in [0.4, 0.5) is 11.8 Å². The van der Waals surface area contributed by atoms with Gasteiger partial charge in [-0.05, 0) is 38.5 Å². The van der Waals surface area contributed by atoms with E-state index in [1.807, 2.05) is 0 Å². The van der Waals surface area contributed by atoms with Gasteiger partial charge in [-0.25, -0.2) is 4.98 Å². The minimum absolute atomic E-state index is 0.189. The van der Waals surface area contributed by atoms with E-state index >= 15 is 0 Å². The molecule has 1 heterocycles. The number of hydrogen-bond acceptors (Lipinski definition) is 6. The molecular formula is C16H25N5O2. The fourth-order valence-corrected chi connectivity index (χ4v) is 3.41. The summed E-state index contributed by atoms with van der Waals surface area (Å²) < 4.78 is 0. The molecule has 3 rings (SSSR count). The van der Waals surface area contributed by atoms with Crippen molar-refractivity contribution in [1.82, 2.24) is 9.97 Å². The number of nitrogens with zero attached hydrogens (tertiary/aromatic N) is 2. The summed E-state index contributed by atoms with van der Waals surface area (Å²) in [5.41, 5.74) is 5.77. The van der Waals surface area contributed by atoms with Crippen LogP contribution in [0.3, 0.4) is 0 Å². The van der Waals surface area contributed by atoms with E-state index in [2.05, 4.69) is 20.6 Å². The van der Waals surface area contributed by atoms with Crippen LogP contribution in [-0.2, 0) is 0 Å². The summed E-state index contributed by atoms with van der Waals surface area (Å²) >= 11 is 0.